The van der Waals surface area contributed by atoms with Crippen molar-refractivity contribution in [2.75, 3.05) is 20.6 Å². The number of rotatable bonds is 8. The average molecular weight is 480 g/mol. The van der Waals surface area contributed by atoms with Gasteiger partial charge in [-0.05, 0) is 58.6 Å². The minimum absolute atomic E-state index is 0.0366. The van der Waals surface area contributed by atoms with Crippen LogP contribution in [-0.4, -0.2) is 25.5 Å². The summed E-state index contributed by atoms with van der Waals surface area (Å²) in [5.74, 6) is 0.0366. The van der Waals surface area contributed by atoms with Crippen molar-refractivity contribution in [3.8, 4) is 0 Å². The molecule has 0 radical (unpaired) electrons. The lowest BCUT2D eigenvalue weighted by atomic mass is 9.75. The van der Waals surface area contributed by atoms with Crippen molar-refractivity contribution in [2.24, 2.45) is 0 Å². The van der Waals surface area contributed by atoms with Crippen molar-refractivity contribution in [1.82, 2.24) is 4.90 Å². The molecule has 4 aromatic rings. The van der Waals surface area contributed by atoms with E-state index in [-0.39, 0.29) is 5.92 Å². The first-order chi connectivity index (χ1) is 18.2. The molecule has 0 aliphatic heterocycles. The number of allylic oxidation sites excluding steroid dienone is 5. The van der Waals surface area contributed by atoms with Gasteiger partial charge in [-0.25, -0.2) is 0 Å². The topological polar surface area (TPSA) is 3.24 Å². The highest BCUT2D eigenvalue weighted by atomic mass is 15.0. The molecule has 0 saturated carbocycles. The van der Waals surface area contributed by atoms with Gasteiger partial charge in [0.15, 0.2) is 0 Å². The lowest BCUT2D eigenvalue weighted by Crippen LogP contribution is -2.16. The first kappa shape index (κ1) is 24.5. The Hall–Kier alpha value is -4.20. The first-order valence-electron chi connectivity index (χ1n) is 12.9. The van der Waals surface area contributed by atoms with Crippen molar-refractivity contribution in [2.45, 2.75) is 5.92 Å². The van der Waals surface area contributed by atoms with E-state index in [1.165, 1.54) is 44.5 Å². The predicted octanol–water partition coefficient (Wildman–Crippen LogP) is 8.52. The van der Waals surface area contributed by atoms with Crippen molar-refractivity contribution in [1.29, 1.82) is 0 Å². The lowest BCUT2D eigenvalue weighted by molar-refractivity contribution is 0.448. The minimum atomic E-state index is 0.0366. The van der Waals surface area contributed by atoms with Crippen molar-refractivity contribution in [3.63, 3.8) is 0 Å². The molecular weight excluding hydrogens is 446 g/mol. The number of hydrogen-bond acceptors (Lipinski definition) is 1. The second-order valence-corrected chi connectivity index (χ2v) is 9.70. The lowest BCUT2D eigenvalue weighted by Gasteiger charge is -2.28. The molecule has 0 saturated heterocycles. The van der Waals surface area contributed by atoms with Gasteiger partial charge in [-0.15, -0.1) is 0 Å². The molecule has 1 nitrogen and oxygen atoms in total. The molecule has 1 aliphatic rings. The molecule has 5 rings (SSSR count). The van der Waals surface area contributed by atoms with E-state index in [2.05, 4.69) is 165 Å². The van der Waals surface area contributed by atoms with Crippen LogP contribution in [-0.2, 0) is 0 Å². The number of likely N-dealkylation sites (N-methyl/N-ethyl adjacent to an activating group) is 1. The average Bonchev–Trinajstić information content (AvgIpc) is 3.39. The van der Waals surface area contributed by atoms with Gasteiger partial charge in [-0.3, -0.25) is 0 Å². The molecule has 0 fully saturated rings. The standard InChI is InChI=1S/C36H33N/c1-37(2)27-32-24-15-25-33(32)35(30-20-11-5-12-21-30)36(31-22-13-6-14-23-31)34(29-18-9-4-10-19-29)26-28-16-7-3-8-17-28/h3-26,36H,27H2,1-2H3/b34-26?,35-33-. The quantitative estimate of drug-likeness (QED) is 0.229. The van der Waals surface area contributed by atoms with E-state index < -0.39 is 0 Å². The molecule has 0 aromatic heterocycles. The smallest absolute Gasteiger partial charge is 0.0358 e. The van der Waals surface area contributed by atoms with E-state index in [1.807, 2.05) is 0 Å². The highest BCUT2D eigenvalue weighted by Crippen LogP contribution is 2.47. The van der Waals surface area contributed by atoms with Crippen LogP contribution in [0.3, 0.4) is 0 Å². The molecule has 0 N–H and O–H groups in total. The summed E-state index contributed by atoms with van der Waals surface area (Å²) in [6.45, 7) is 0.892. The Balaban J connectivity index is 1.83. The van der Waals surface area contributed by atoms with Crippen molar-refractivity contribution >= 4 is 17.2 Å². The normalized spacial score (nSPS) is 15.5. The Bertz CT molecular complexity index is 1420. The Morgan fingerprint density at radius 2 is 1.22 bits per heavy atom. The molecule has 4 aromatic carbocycles. The van der Waals surface area contributed by atoms with Gasteiger partial charge in [0.25, 0.3) is 0 Å². The second kappa shape index (κ2) is 11.7. The Morgan fingerprint density at radius 3 is 1.81 bits per heavy atom. The van der Waals surface area contributed by atoms with Gasteiger partial charge in [0.05, 0.1) is 0 Å². The van der Waals surface area contributed by atoms with E-state index in [9.17, 15) is 0 Å². The molecule has 1 unspecified atom stereocenters. The molecule has 37 heavy (non-hydrogen) atoms. The van der Waals surface area contributed by atoms with Crippen LogP contribution >= 0.6 is 0 Å². The van der Waals surface area contributed by atoms with Gasteiger partial charge >= 0.3 is 0 Å². The molecule has 1 atom stereocenters. The van der Waals surface area contributed by atoms with E-state index in [0.717, 1.165) is 6.54 Å². The first-order valence-corrected chi connectivity index (χ1v) is 12.9. The maximum atomic E-state index is 2.37. The van der Waals surface area contributed by atoms with Crippen LogP contribution in [0.15, 0.2) is 151 Å². The third kappa shape index (κ3) is 5.80. The zero-order valence-corrected chi connectivity index (χ0v) is 21.6. The fourth-order valence-electron chi connectivity index (χ4n) is 5.13. The predicted molar refractivity (Wildman–Crippen MR) is 159 cm³/mol. The fraction of sp³-hybridized carbons (Fsp3) is 0.111. The van der Waals surface area contributed by atoms with Crippen molar-refractivity contribution in [3.05, 3.63) is 173 Å². The van der Waals surface area contributed by atoms with Gasteiger partial charge < -0.3 is 4.90 Å². The SMILES string of the molecule is CN(C)CC1=CC=C/C1=C(\c1ccccc1)C(C(=Cc1ccccc1)c1ccccc1)c1ccccc1. The highest BCUT2D eigenvalue weighted by molar-refractivity contribution is 5.97. The van der Waals surface area contributed by atoms with E-state index >= 15 is 0 Å². The molecule has 1 aliphatic carbocycles. The summed E-state index contributed by atoms with van der Waals surface area (Å²) in [5, 5.41) is 0. The largest absolute Gasteiger partial charge is 0.305 e. The third-order valence-electron chi connectivity index (χ3n) is 6.73. The maximum Gasteiger partial charge on any atom is 0.0358 e. The molecule has 0 bridgehead atoms. The summed E-state index contributed by atoms with van der Waals surface area (Å²) < 4.78 is 0. The number of nitrogens with zero attached hydrogens (tertiary/aromatic N) is 1. The zero-order valence-electron chi connectivity index (χ0n) is 21.6. The molecule has 182 valence electrons. The van der Waals surface area contributed by atoms with E-state index in [0.29, 0.717) is 0 Å². The molecule has 0 amide bonds. The Morgan fingerprint density at radius 1 is 0.676 bits per heavy atom. The molecule has 1 heteroatoms. The van der Waals surface area contributed by atoms with Gasteiger partial charge in [0.2, 0.25) is 0 Å². The summed E-state index contributed by atoms with van der Waals surface area (Å²) in [7, 11) is 4.27. The van der Waals surface area contributed by atoms with Crippen LogP contribution in [0.4, 0.5) is 0 Å². The van der Waals surface area contributed by atoms with Gasteiger partial charge in [0.1, 0.15) is 0 Å². The monoisotopic (exact) mass is 479 g/mol. The van der Waals surface area contributed by atoms with Gasteiger partial charge in [-0.1, -0.05) is 146 Å². The maximum absolute atomic E-state index is 2.37. The Labute approximate surface area is 221 Å². The van der Waals surface area contributed by atoms with E-state index in [1.54, 1.807) is 0 Å². The third-order valence-corrected chi connectivity index (χ3v) is 6.73. The molecule has 0 spiro atoms. The summed E-state index contributed by atoms with van der Waals surface area (Å²) in [6.07, 6.45) is 9.12. The van der Waals surface area contributed by atoms with Gasteiger partial charge in [0, 0.05) is 12.5 Å². The van der Waals surface area contributed by atoms with Crippen LogP contribution in [0.25, 0.3) is 17.2 Å². The van der Waals surface area contributed by atoms with Crippen LogP contribution in [0.5, 0.6) is 0 Å². The number of benzene rings is 4. The zero-order chi connectivity index (χ0) is 25.5. The van der Waals surface area contributed by atoms with Crippen molar-refractivity contribution < 1.29 is 0 Å². The fourth-order valence-corrected chi connectivity index (χ4v) is 5.13. The minimum Gasteiger partial charge on any atom is -0.305 e. The second-order valence-electron chi connectivity index (χ2n) is 9.70. The Kier molecular flexibility index (Phi) is 7.74. The van der Waals surface area contributed by atoms with Gasteiger partial charge in [-0.2, -0.15) is 0 Å². The number of hydrogen-bond donors (Lipinski definition) is 0. The van der Waals surface area contributed by atoms with Crippen LogP contribution in [0.2, 0.25) is 0 Å². The molecule has 0 heterocycles. The van der Waals surface area contributed by atoms with Crippen LogP contribution in [0, 0.1) is 0 Å². The van der Waals surface area contributed by atoms with Crippen LogP contribution in [0.1, 0.15) is 28.2 Å². The summed E-state index contributed by atoms with van der Waals surface area (Å²) in [4.78, 5) is 2.25. The highest BCUT2D eigenvalue weighted by Gasteiger charge is 2.28. The van der Waals surface area contributed by atoms with Crippen LogP contribution < -0.4 is 0 Å². The summed E-state index contributed by atoms with van der Waals surface area (Å²) >= 11 is 0. The van der Waals surface area contributed by atoms with E-state index in [4.69, 9.17) is 0 Å². The summed E-state index contributed by atoms with van der Waals surface area (Å²) in [6, 6.07) is 43.4. The summed E-state index contributed by atoms with van der Waals surface area (Å²) in [5.41, 5.74) is 10.2. The molecular formula is C36H33N.